The Morgan fingerprint density at radius 1 is 1.32 bits per heavy atom. The van der Waals surface area contributed by atoms with Crippen molar-refractivity contribution in [2.24, 2.45) is 0 Å². The molecule has 0 radical (unpaired) electrons. The Hall–Kier alpha value is -1.56. The van der Waals surface area contributed by atoms with Gasteiger partial charge in [0, 0.05) is 6.20 Å². The quantitative estimate of drug-likeness (QED) is 0.868. The lowest BCUT2D eigenvalue weighted by Gasteiger charge is -2.06. The van der Waals surface area contributed by atoms with E-state index in [2.05, 4.69) is 10.3 Å². The van der Waals surface area contributed by atoms with Crippen LogP contribution in [0, 0.1) is 6.92 Å². The van der Waals surface area contributed by atoms with E-state index < -0.39 is 5.76 Å². The van der Waals surface area contributed by atoms with Crippen LogP contribution in [0.1, 0.15) is 17.1 Å². The fourth-order valence-corrected chi connectivity index (χ4v) is 2.02. The second kappa shape index (κ2) is 6.56. The molecule has 2 rings (SSSR count). The zero-order valence-corrected chi connectivity index (χ0v) is 11.2. The van der Waals surface area contributed by atoms with E-state index in [0.717, 1.165) is 11.3 Å². The number of thioether (sulfide) groups is 1. The molecular formula is C13H14F2N2OS. The minimum absolute atomic E-state index is 0.184. The largest absolute Gasteiger partial charge is 0.463 e. The van der Waals surface area contributed by atoms with Crippen molar-refractivity contribution < 1.29 is 13.2 Å². The number of anilines is 1. The third kappa shape index (κ3) is 4.24. The first-order valence-corrected chi connectivity index (χ1v) is 6.82. The van der Waals surface area contributed by atoms with Crippen LogP contribution < -0.4 is 5.32 Å². The first-order chi connectivity index (χ1) is 9.15. The molecule has 0 saturated carbocycles. The number of pyridine rings is 1. The molecule has 0 aliphatic heterocycles. The molecule has 0 fully saturated rings. The maximum absolute atomic E-state index is 12.0. The number of aryl methyl sites for hydroxylation is 1. The molecule has 1 N–H and O–H groups in total. The molecule has 2 aromatic rings. The number of hydrogen-bond donors (Lipinski definition) is 1. The van der Waals surface area contributed by atoms with Crippen LogP contribution in [-0.4, -0.2) is 10.7 Å². The topological polar surface area (TPSA) is 38.1 Å². The van der Waals surface area contributed by atoms with Gasteiger partial charge in [-0.3, -0.25) is 4.98 Å². The minimum atomic E-state index is -2.37. The number of rotatable bonds is 6. The summed E-state index contributed by atoms with van der Waals surface area (Å²) in [6, 6.07) is 5.43. The lowest BCUT2D eigenvalue weighted by Crippen LogP contribution is -2.00. The molecule has 0 bridgehead atoms. The summed E-state index contributed by atoms with van der Waals surface area (Å²) in [4.78, 5) is 4.03. The zero-order valence-electron chi connectivity index (χ0n) is 10.4. The van der Waals surface area contributed by atoms with Crippen molar-refractivity contribution in [1.29, 1.82) is 0 Å². The second-order valence-electron chi connectivity index (χ2n) is 3.98. The van der Waals surface area contributed by atoms with Gasteiger partial charge in [0.15, 0.2) is 0 Å². The van der Waals surface area contributed by atoms with E-state index in [0.29, 0.717) is 29.8 Å². The molecule has 102 valence electrons. The first kappa shape index (κ1) is 13.9. The molecule has 2 aromatic heterocycles. The highest BCUT2D eigenvalue weighted by Crippen LogP contribution is 2.21. The number of alkyl halides is 2. The van der Waals surface area contributed by atoms with Gasteiger partial charge >= 0.3 is 0 Å². The molecule has 0 atom stereocenters. The Morgan fingerprint density at radius 2 is 2.11 bits per heavy atom. The third-order valence-corrected chi connectivity index (χ3v) is 3.26. The summed E-state index contributed by atoms with van der Waals surface area (Å²) >= 11 is 0.557. The fourth-order valence-electron chi connectivity index (χ4n) is 1.57. The van der Waals surface area contributed by atoms with Gasteiger partial charge in [0.1, 0.15) is 11.5 Å². The van der Waals surface area contributed by atoms with Gasteiger partial charge in [0.25, 0.3) is 5.76 Å². The van der Waals surface area contributed by atoms with Gasteiger partial charge in [-0.2, -0.15) is 8.78 Å². The van der Waals surface area contributed by atoms with Gasteiger partial charge in [0.2, 0.25) is 0 Å². The molecule has 0 amide bonds. The monoisotopic (exact) mass is 284 g/mol. The van der Waals surface area contributed by atoms with Gasteiger partial charge in [-0.15, -0.1) is 0 Å². The highest BCUT2D eigenvalue weighted by molar-refractivity contribution is 7.98. The number of halogens is 2. The van der Waals surface area contributed by atoms with E-state index in [-0.39, 0.29) is 5.75 Å². The maximum atomic E-state index is 12.0. The Labute approximate surface area is 114 Å². The number of hydrogen-bond acceptors (Lipinski definition) is 4. The highest BCUT2D eigenvalue weighted by atomic mass is 32.2. The smallest absolute Gasteiger partial charge is 0.284 e. The number of nitrogens with one attached hydrogen (secondary N) is 1. The van der Waals surface area contributed by atoms with Crippen LogP contribution in [0.15, 0.2) is 35.0 Å². The molecule has 0 aliphatic rings. The summed E-state index contributed by atoms with van der Waals surface area (Å²) < 4.78 is 29.5. The SMILES string of the molecule is Cc1ccncc1NCc1ccc(CSC(F)F)o1. The van der Waals surface area contributed by atoms with Crippen molar-refractivity contribution in [3.05, 3.63) is 47.7 Å². The van der Waals surface area contributed by atoms with Crippen LogP contribution in [0.5, 0.6) is 0 Å². The Bertz CT molecular complexity index is 531. The van der Waals surface area contributed by atoms with E-state index in [1.165, 1.54) is 0 Å². The van der Waals surface area contributed by atoms with Gasteiger partial charge in [-0.25, -0.2) is 0 Å². The molecule has 6 heteroatoms. The Balaban J connectivity index is 1.88. The minimum Gasteiger partial charge on any atom is -0.463 e. The molecule has 0 unspecified atom stereocenters. The Kier molecular flexibility index (Phi) is 4.79. The van der Waals surface area contributed by atoms with E-state index in [4.69, 9.17) is 4.42 Å². The standard InChI is InChI=1S/C13H14F2N2OS/c1-9-4-5-16-7-12(9)17-6-10-2-3-11(18-10)8-19-13(14)15/h2-5,7,13,17H,6,8H2,1H3. The lowest BCUT2D eigenvalue weighted by atomic mass is 10.2. The average molecular weight is 284 g/mol. The second-order valence-corrected chi connectivity index (χ2v) is 4.96. The van der Waals surface area contributed by atoms with Crippen LogP contribution >= 0.6 is 11.8 Å². The van der Waals surface area contributed by atoms with Gasteiger partial charge in [0.05, 0.1) is 24.2 Å². The summed E-state index contributed by atoms with van der Waals surface area (Å²) in [5, 5.41) is 3.20. The van der Waals surface area contributed by atoms with Gasteiger partial charge in [-0.1, -0.05) is 11.8 Å². The normalized spacial score (nSPS) is 10.9. The van der Waals surface area contributed by atoms with Gasteiger partial charge < -0.3 is 9.73 Å². The third-order valence-electron chi connectivity index (χ3n) is 2.56. The van der Waals surface area contributed by atoms with Crippen molar-refractivity contribution in [3.8, 4) is 0 Å². The fraction of sp³-hybridized carbons (Fsp3) is 0.308. The maximum Gasteiger partial charge on any atom is 0.284 e. The summed E-state index contributed by atoms with van der Waals surface area (Å²) in [6.07, 6.45) is 3.47. The predicted octanol–water partition coefficient (Wildman–Crippen LogP) is 4.05. The van der Waals surface area contributed by atoms with E-state index in [9.17, 15) is 8.78 Å². The number of aromatic nitrogens is 1. The van der Waals surface area contributed by atoms with Crippen LogP contribution in [0.2, 0.25) is 0 Å². The van der Waals surface area contributed by atoms with Crippen molar-refractivity contribution in [2.75, 3.05) is 5.32 Å². The summed E-state index contributed by atoms with van der Waals surface area (Å²) in [7, 11) is 0. The van der Waals surface area contributed by atoms with E-state index in [1.54, 1.807) is 24.5 Å². The zero-order chi connectivity index (χ0) is 13.7. The summed E-state index contributed by atoms with van der Waals surface area (Å²) in [5.41, 5.74) is 2.03. The molecule has 3 nitrogen and oxygen atoms in total. The molecule has 2 heterocycles. The van der Waals surface area contributed by atoms with Crippen LogP contribution in [0.3, 0.4) is 0 Å². The lowest BCUT2D eigenvalue weighted by molar-refractivity contribution is 0.251. The van der Waals surface area contributed by atoms with Crippen LogP contribution in [0.25, 0.3) is 0 Å². The molecular weight excluding hydrogens is 270 g/mol. The van der Waals surface area contributed by atoms with Crippen molar-refractivity contribution in [1.82, 2.24) is 4.98 Å². The van der Waals surface area contributed by atoms with E-state index >= 15 is 0 Å². The van der Waals surface area contributed by atoms with Crippen molar-refractivity contribution in [2.45, 2.75) is 25.0 Å². The Morgan fingerprint density at radius 3 is 2.84 bits per heavy atom. The van der Waals surface area contributed by atoms with Crippen LogP contribution in [0.4, 0.5) is 14.5 Å². The number of furan rings is 1. The van der Waals surface area contributed by atoms with Crippen LogP contribution in [-0.2, 0) is 12.3 Å². The molecule has 19 heavy (non-hydrogen) atoms. The van der Waals surface area contributed by atoms with Crippen molar-refractivity contribution >= 4 is 17.4 Å². The predicted molar refractivity (Wildman–Crippen MR) is 72.3 cm³/mol. The van der Waals surface area contributed by atoms with Gasteiger partial charge in [-0.05, 0) is 30.7 Å². The first-order valence-electron chi connectivity index (χ1n) is 5.77. The molecule has 0 aliphatic carbocycles. The highest BCUT2D eigenvalue weighted by Gasteiger charge is 2.07. The van der Waals surface area contributed by atoms with E-state index in [1.807, 2.05) is 13.0 Å². The molecule has 0 spiro atoms. The average Bonchev–Trinajstić information content (AvgIpc) is 2.83. The summed E-state index contributed by atoms with van der Waals surface area (Å²) in [5.74, 6) is -0.910. The number of nitrogens with zero attached hydrogens (tertiary/aromatic N) is 1. The summed E-state index contributed by atoms with van der Waals surface area (Å²) in [6.45, 7) is 2.49. The van der Waals surface area contributed by atoms with Crippen molar-refractivity contribution in [3.63, 3.8) is 0 Å². The molecule has 0 saturated heterocycles. The molecule has 0 aromatic carbocycles.